The molecule has 1 rings (SSSR count). The van der Waals surface area contributed by atoms with Crippen molar-refractivity contribution in [1.82, 2.24) is 5.32 Å². The zero-order valence-corrected chi connectivity index (χ0v) is 11.4. The standard InChI is InChI=1S/C13H12F3NO5/c1-2-22-10(18)5-9(13(20)21)17-12(19)11-7(15)3-6(14)4-8(11)16/h3-4,9H,2,5H2,1H3,(H,17,19)(H,20,21)/t9-/m0/s1. The van der Waals surface area contributed by atoms with Crippen LogP contribution in [0.3, 0.4) is 0 Å². The number of carbonyl (C=O) groups excluding carboxylic acids is 2. The first-order chi connectivity index (χ1) is 10.3. The molecule has 0 saturated heterocycles. The van der Waals surface area contributed by atoms with Gasteiger partial charge in [0, 0.05) is 12.1 Å². The van der Waals surface area contributed by atoms with Crippen LogP contribution in [0.5, 0.6) is 0 Å². The number of hydrogen-bond acceptors (Lipinski definition) is 4. The minimum absolute atomic E-state index is 0.000335. The van der Waals surface area contributed by atoms with Crippen molar-refractivity contribution in [3.05, 3.63) is 35.1 Å². The Balaban J connectivity index is 2.93. The number of hydrogen-bond donors (Lipinski definition) is 2. The molecule has 0 heterocycles. The minimum atomic E-state index is -1.74. The van der Waals surface area contributed by atoms with Crippen molar-refractivity contribution in [1.29, 1.82) is 0 Å². The van der Waals surface area contributed by atoms with Crippen molar-refractivity contribution in [2.24, 2.45) is 0 Å². The quantitative estimate of drug-likeness (QED) is 0.770. The van der Waals surface area contributed by atoms with Crippen LogP contribution in [0, 0.1) is 17.5 Å². The lowest BCUT2D eigenvalue weighted by atomic mass is 10.1. The maximum absolute atomic E-state index is 13.4. The summed E-state index contributed by atoms with van der Waals surface area (Å²) in [6.45, 7) is 1.50. The highest BCUT2D eigenvalue weighted by atomic mass is 19.1. The van der Waals surface area contributed by atoms with E-state index >= 15 is 0 Å². The number of esters is 1. The number of ether oxygens (including phenoxy) is 1. The lowest BCUT2D eigenvalue weighted by Crippen LogP contribution is -2.43. The molecule has 6 nitrogen and oxygen atoms in total. The largest absolute Gasteiger partial charge is 0.480 e. The molecule has 0 radical (unpaired) electrons. The average Bonchev–Trinajstić information content (AvgIpc) is 2.36. The van der Waals surface area contributed by atoms with Crippen LogP contribution in [0.4, 0.5) is 13.2 Å². The molecule has 0 bridgehead atoms. The first-order valence-electron chi connectivity index (χ1n) is 6.10. The van der Waals surface area contributed by atoms with Crippen molar-refractivity contribution in [3.63, 3.8) is 0 Å². The van der Waals surface area contributed by atoms with Crippen molar-refractivity contribution in [2.75, 3.05) is 6.61 Å². The number of rotatable bonds is 6. The van der Waals surface area contributed by atoms with Crippen LogP contribution < -0.4 is 5.32 Å². The monoisotopic (exact) mass is 319 g/mol. The number of carboxylic acids is 1. The number of amides is 1. The van der Waals surface area contributed by atoms with Gasteiger partial charge in [0.25, 0.3) is 5.91 Å². The van der Waals surface area contributed by atoms with Gasteiger partial charge in [0.2, 0.25) is 0 Å². The Morgan fingerprint density at radius 1 is 1.23 bits per heavy atom. The Hall–Kier alpha value is -2.58. The van der Waals surface area contributed by atoms with E-state index in [1.807, 2.05) is 0 Å². The molecule has 0 saturated carbocycles. The summed E-state index contributed by atoms with van der Waals surface area (Å²) in [5.41, 5.74) is -1.14. The third-order valence-corrected chi connectivity index (χ3v) is 2.51. The summed E-state index contributed by atoms with van der Waals surface area (Å²) in [5.74, 6) is -8.13. The van der Waals surface area contributed by atoms with Gasteiger partial charge in [0.05, 0.1) is 13.0 Å². The van der Waals surface area contributed by atoms with Gasteiger partial charge in [-0.15, -0.1) is 0 Å². The summed E-state index contributed by atoms with van der Waals surface area (Å²) in [4.78, 5) is 33.9. The number of halogens is 3. The Morgan fingerprint density at radius 3 is 2.23 bits per heavy atom. The predicted molar refractivity (Wildman–Crippen MR) is 66.5 cm³/mol. The van der Waals surface area contributed by atoms with Gasteiger partial charge in [-0.25, -0.2) is 18.0 Å². The van der Waals surface area contributed by atoms with Crippen LogP contribution in [0.25, 0.3) is 0 Å². The van der Waals surface area contributed by atoms with Crippen LogP contribution in [0.1, 0.15) is 23.7 Å². The molecule has 1 aromatic rings. The first-order valence-corrected chi connectivity index (χ1v) is 6.10. The predicted octanol–water partition coefficient (Wildman–Crippen LogP) is 1.24. The lowest BCUT2D eigenvalue weighted by Gasteiger charge is -2.14. The fourth-order valence-corrected chi connectivity index (χ4v) is 1.58. The summed E-state index contributed by atoms with van der Waals surface area (Å²) in [7, 11) is 0. The molecule has 0 aromatic heterocycles. The molecule has 0 unspecified atom stereocenters. The summed E-state index contributed by atoms with van der Waals surface area (Å²) >= 11 is 0. The van der Waals surface area contributed by atoms with E-state index in [0.717, 1.165) is 0 Å². The van der Waals surface area contributed by atoms with Crippen LogP contribution in [-0.2, 0) is 14.3 Å². The van der Waals surface area contributed by atoms with Crippen LogP contribution in [0.15, 0.2) is 12.1 Å². The highest BCUT2D eigenvalue weighted by molar-refractivity contribution is 5.97. The summed E-state index contributed by atoms with van der Waals surface area (Å²) in [6.07, 6.45) is -0.723. The maximum atomic E-state index is 13.4. The molecule has 9 heteroatoms. The molecule has 0 aliphatic heterocycles. The maximum Gasteiger partial charge on any atom is 0.326 e. The molecule has 120 valence electrons. The Labute approximate surface area is 122 Å². The van der Waals surface area contributed by atoms with Crippen LogP contribution in [-0.4, -0.2) is 35.6 Å². The first kappa shape index (κ1) is 17.5. The Kier molecular flexibility index (Phi) is 5.90. The van der Waals surface area contributed by atoms with Gasteiger partial charge in [0.1, 0.15) is 29.1 Å². The number of aliphatic carboxylic acids is 1. The number of nitrogens with one attached hydrogen (secondary N) is 1. The van der Waals surface area contributed by atoms with Crippen molar-refractivity contribution in [2.45, 2.75) is 19.4 Å². The summed E-state index contributed by atoms with van der Waals surface area (Å²) < 4.78 is 44.1. The Morgan fingerprint density at radius 2 is 1.77 bits per heavy atom. The minimum Gasteiger partial charge on any atom is -0.480 e. The second-order valence-electron chi connectivity index (χ2n) is 4.12. The molecule has 1 atom stereocenters. The molecule has 0 spiro atoms. The SMILES string of the molecule is CCOC(=O)C[C@H](NC(=O)c1c(F)cc(F)cc1F)C(=O)O. The van der Waals surface area contributed by atoms with Crippen LogP contribution >= 0.6 is 0 Å². The van der Waals surface area contributed by atoms with Gasteiger partial charge >= 0.3 is 11.9 Å². The smallest absolute Gasteiger partial charge is 0.326 e. The summed E-state index contributed by atoms with van der Waals surface area (Å²) in [6, 6.07) is -1.19. The molecular formula is C13H12F3NO5. The van der Waals surface area contributed by atoms with Gasteiger partial charge in [-0.2, -0.15) is 0 Å². The second-order valence-corrected chi connectivity index (χ2v) is 4.12. The fourth-order valence-electron chi connectivity index (χ4n) is 1.58. The van der Waals surface area contributed by atoms with Crippen molar-refractivity contribution in [3.8, 4) is 0 Å². The lowest BCUT2D eigenvalue weighted by molar-refractivity contribution is -0.149. The summed E-state index contributed by atoms with van der Waals surface area (Å²) in [5, 5.41) is 10.7. The van der Waals surface area contributed by atoms with E-state index < -0.39 is 53.3 Å². The van der Waals surface area contributed by atoms with E-state index in [1.165, 1.54) is 6.92 Å². The highest BCUT2D eigenvalue weighted by Gasteiger charge is 2.27. The van der Waals surface area contributed by atoms with E-state index in [9.17, 15) is 27.6 Å². The third-order valence-electron chi connectivity index (χ3n) is 2.51. The number of carbonyl (C=O) groups is 3. The normalized spacial score (nSPS) is 11.6. The van der Waals surface area contributed by atoms with E-state index in [1.54, 1.807) is 5.32 Å². The van der Waals surface area contributed by atoms with E-state index in [4.69, 9.17) is 5.11 Å². The third kappa shape index (κ3) is 4.47. The highest BCUT2D eigenvalue weighted by Crippen LogP contribution is 2.15. The van der Waals surface area contributed by atoms with Gasteiger partial charge in [-0.3, -0.25) is 9.59 Å². The molecule has 0 aliphatic rings. The molecule has 1 aromatic carbocycles. The molecule has 1 amide bonds. The van der Waals surface area contributed by atoms with Crippen molar-refractivity contribution >= 4 is 17.8 Å². The molecular weight excluding hydrogens is 307 g/mol. The van der Waals surface area contributed by atoms with E-state index in [-0.39, 0.29) is 18.7 Å². The van der Waals surface area contributed by atoms with Gasteiger partial charge in [-0.1, -0.05) is 0 Å². The number of benzene rings is 1. The Bertz CT molecular complexity index is 582. The van der Waals surface area contributed by atoms with E-state index in [2.05, 4.69) is 4.74 Å². The fraction of sp³-hybridized carbons (Fsp3) is 0.308. The molecule has 2 N–H and O–H groups in total. The van der Waals surface area contributed by atoms with Gasteiger partial charge in [-0.05, 0) is 6.92 Å². The zero-order chi connectivity index (χ0) is 16.9. The van der Waals surface area contributed by atoms with Gasteiger partial charge < -0.3 is 15.2 Å². The zero-order valence-electron chi connectivity index (χ0n) is 11.4. The molecule has 0 fully saturated rings. The second kappa shape index (κ2) is 7.43. The van der Waals surface area contributed by atoms with Crippen LogP contribution in [0.2, 0.25) is 0 Å². The molecule has 0 aliphatic carbocycles. The van der Waals surface area contributed by atoms with Gasteiger partial charge in [0.15, 0.2) is 0 Å². The average molecular weight is 319 g/mol. The number of carboxylic acid groups (broad SMARTS) is 1. The van der Waals surface area contributed by atoms with E-state index in [0.29, 0.717) is 0 Å². The topological polar surface area (TPSA) is 92.7 Å². The molecule has 22 heavy (non-hydrogen) atoms. The van der Waals surface area contributed by atoms with Crippen molar-refractivity contribution < 1.29 is 37.4 Å².